The normalized spacial score (nSPS) is 16.6. The van der Waals surface area contributed by atoms with Crippen molar-refractivity contribution in [1.29, 1.82) is 0 Å². The number of carbonyl (C=O) groups is 2. The summed E-state index contributed by atoms with van der Waals surface area (Å²) in [5, 5.41) is 0. The van der Waals surface area contributed by atoms with Crippen LogP contribution < -0.4 is 9.64 Å². The molecule has 1 aromatic carbocycles. The van der Waals surface area contributed by atoms with E-state index in [0.29, 0.717) is 0 Å². The zero-order valence-electron chi connectivity index (χ0n) is 14.8. The quantitative estimate of drug-likeness (QED) is 0.634. The summed E-state index contributed by atoms with van der Waals surface area (Å²) >= 11 is 3.12. The van der Waals surface area contributed by atoms with Gasteiger partial charge in [0.05, 0.1) is 5.69 Å². The number of imide groups is 1. The van der Waals surface area contributed by atoms with E-state index in [1.165, 1.54) is 11.0 Å². The van der Waals surface area contributed by atoms with E-state index in [2.05, 4.69) is 25.7 Å². The topological polar surface area (TPSA) is 62.7 Å². The molecule has 3 amide bonds. The third-order valence-electron chi connectivity index (χ3n) is 4.31. The lowest BCUT2D eigenvalue weighted by Crippen LogP contribution is -2.43. The first-order chi connectivity index (χ1) is 13.0. The molecule has 1 aliphatic rings. The smallest absolute Gasteiger partial charge is 0.406 e. The third-order valence-corrected chi connectivity index (χ3v) is 4.94. The van der Waals surface area contributed by atoms with Crippen LogP contribution in [0.15, 0.2) is 47.2 Å². The molecule has 0 N–H and O–H groups in total. The predicted octanol–water partition coefficient (Wildman–Crippen LogP) is 4.49. The van der Waals surface area contributed by atoms with E-state index in [1.54, 1.807) is 38.4 Å². The molecule has 0 radical (unpaired) electrons. The van der Waals surface area contributed by atoms with E-state index in [1.807, 2.05) is 0 Å². The molecule has 148 valence electrons. The fraction of sp³-hybridized carbons (Fsp3) is 0.278. The van der Waals surface area contributed by atoms with Crippen LogP contribution in [0.5, 0.6) is 5.75 Å². The van der Waals surface area contributed by atoms with Crippen molar-refractivity contribution in [3.8, 4) is 5.75 Å². The first-order valence-corrected chi connectivity index (χ1v) is 8.90. The number of nitrogens with zero attached hydrogens (tertiary/aromatic N) is 3. The van der Waals surface area contributed by atoms with E-state index in [4.69, 9.17) is 0 Å². The summed E-state index contributed by atoms with van der Waals surface area (Å²) in [5.74, 6) is -0.952. The maximum atomic E-state index is 13.0. The summed E-state index contributed by atoms with van der Waals surface area (Å²) in [4.78, 5) is 32.2. The number of alkyl halides is 3. The molecule has 2 heterocycles. The van der Waals surface area contributed by atoms with Crippen LogP contribution in [-0.2, 0) is 11.3 Å². The maximum absolute atomic E-state index is 13.0. The molecule has 2 aromatic rings. The predicted molar refractivity (Wildman–Crippen MR) is 97.6 cm³/mol. The van der Waals surface area contributed by atoms with Gasteiger partial charge in [0, 0.05) is 23.4 Å². The molecule has 6 nitrogen and oxygen atoms in total. The lowest BCUT2D eigenvalue weighted by Gasteiger charge is -2.27. The van der Waals surface area contributed by atoms with Crippen molar-refractivity contribution in [2.24, 2.45) is 0 Å². The summed E-state index contributed by atoms with van der Waals surface area (Å²) in [6, 6.07) is 6.23. The van der Waals surface area contributed by atoms with Gasteiger partial charge in [-0.25, -0.2) is 9.69 Å². The number of aromatic nitrogens is 1. The first kappa shape index (κ1) is 20.1. The van der Waals surface area contributed by atoms with Crippen LogP contribution in [0.4, 0.5) is 23.7 Å². The average Bonchev–Trinajstić information content (AvgIpc) is 2.75. The van der Waals surface area contributed by atoms with Crippen LogP contribution in [0.3, 0.4) is 0 Å². The van der Waals surface area contributed by atoms with Crippen molar-refractivity contribution in [1.82, 2.24) is 9.88 Å². The molecule has 1 aromatic heterocycles. The molecular formula is C18H15BrF3N3O3. The molecule has 1 saturated heterocycles. The van der Waals surface area contributed by atoms with Gasteiger partial charge in [-0.1, -0.05) is 0 Å². The number of carbonyl (C=O) groups excluding carboxylic acids is 2. The molecule has 0 saturated carbocycles. The Morgan fingerprint density at radius 2 is 1.79 bits per heavy atom. The molecule has 28 heavy (non-hydrogen) atoms. The van der Waals surface area contributed by atoms with Crippen molar-refractivity contribution in [2.45, 2.75) is 32.3 Å². The number of hydrogen-bond acceptors (Lipinski definition) is 4. The van der Waals surface area contributed by atoms with Gasteiger partial charge in [-0.05, 0) is 65.7 Å². The molecule has 1 fully saturated rings. The molecule has 0 aliphatic carbocycles. The standard InChI is InChI=1S/C18H15BrF3N3O3/c1-17(2)15(26)25(16(27)24(17)10-11-5-7-23-8-6-11)14-4-3-12(9-13(14)19)28-18(20,21)22/h3-9H,10H2,1-2H3. The van der Waals surface area contributed by atoms with Gasteiger partial charge in [0.2, 0.25) is 0 Å². The highest BCUT2D eigenvalue weighted by molar-refractivity contribution is 9.10. The second-order valence-corrected chi connectivity index (χ2v) is 7.44. The number of halogens is 4. The highest BCUT2D eigenvalue weighted by Gasteiger charge is 2.52. The molecule has 0 atom stereocenters. The number of rotatable bonds is 4. The Hall–Kier alpha value is -2.62. The summed E-state index contributed by atoms with van der Waals surface area (Å²) in [6.07, 6.45) is -1.68. The average molecular weight is 458 g/mol. The van der Waals surface area contributed by atoms with Crippen LogP contribution in [0.2, 0.25) is 0 Å². The minimum absolute atomic E-state index is 0.123. The van der Waals surface area contributed by atoms with Gasteiger partial charge in [0.25, 0.3) is 5.91 Å². The summed E-state index contributed by atoms with van der Waals surface area (Å²) < 4.78 is 41.2. The van der Waals surface area contributed by atoms with Crippen LogP contribution in [-0.4, -0.2) is 33.7 Å². The molecule has 3 rings (SSSR count). The monoisotopic (exact) mass is 457 g/mol. The first-order valence-electron chi connectivity index (χ1n) is 8.11. The van der Waals surface area contributed by atoms with E-state index in [0.717, 1.165) is 22.6 Å². The van der Waals surface area contributed by atoms with Gasteiger partial charge >= 0.3 is 12.4 Å². The lowest BCUT2D eigenvalue weighted by molar-refractivity contribution is -0.274. The van der Waals surface area contributed by atoms with E-state index in [-0.39, 0.29) is 16.7 Å². The Kier molecular flexibility index (Phi) is 5.09. The Morgan fingerprint density at radius 1 is 1.14 bits per heavy atom. The van der Waals surface area contributed by atoms with Gasteiger partial charge < -0.3 is 9.64 Å². The number of anilines is 1. The van der Waals surface area contributed by atoms with Crippen molar-refractivity contribution >= 4 is 33.6 Å². The molecule has 1 aliphatic heterocycles. The lowest BCUT2D eigenvalue weighted by atomic mass is 10.0. The second-order valence-electron chi connectivity index (χ2n) is 6.58. The maximum Gasteiger partial charge on any atom is 0.573 e. The highest BCUT2D eigenvalue weighted by atomic mass is 79.9. The summed E-state index contributed by atoms with van der Waals surface area (Å²) in [5.41, 5.74) is -0.213. The van der Waals surface area contributed by atoms with Crippen molar-refractivity contribution < 1.29 is 27.5 Å². The molecule has 10 heteroatoms. The molecular weight excluding hydrogens is 443 g/mol. The minimum Gasteiger partial charge on any atom is -0.406 e. The minimum atomic E-state index is -4.84. The molecule has 0 bridgehead atoms. The number of ether oxygens (including phenoxy) is 1. The summed E-state index contributed by atoms with van der Waals surface area (Å²) in [7, 11) is 0. The van der Waals surface area contributed by atoms with Gasteiger partial charge in [-0.3, -0.25) is 9.78 Å². The van der Waals surface area contributed by atoms with Crippen LogP contribution in [0.25, 0.3) is 0 Å². The van der Waals surface area contributed by atoms with Gasteiger partial charge in [0.1, 0.15) is 11.3 Å². The van der Waals surface area contributed by atoms with Gasteiger partial charge in [-0.2, -0.15) is 0 Å². The summed E-state index contributed by atoms with van der Waals surface area (Å²) in [6.45, 7) is 3.41. The Balaban J connectivity index is 1.92. The number of urea groups is 1. The zero-order chi connectivity index (χ0) is 20.7. The Morgan fingerprint density at radius 3 is 2.36 bits per heavy atom. The second kappa shape index (κ2) is 7.08. The Labute approximate surface area is 167 Å². The van der Waals surface area contributed by atoms with Crippen molar-refractivity contribution in [3.05, 3.63) is 52.8 Å². The number of pyridine rings is 1. The van der Waals surface area contributed by atoms with E-state index in [9.17, 15) is 22.8 Å². The van der Waals surface area contributed by atoms with Crippen molar-refractivity contribution in [2.75, 3.05) is 4.90 Å². The van der Waals surface area contributed by atoms with Gasteiger partial charge in [-0.15, -0.1) is 13.2 Å². The zero-order valence-corrected chi connectivity index (χ0v) is 16.4. The number of hydrogen-bond donors (Lipinski definition) is 0. The molecule has 0 unspecified atom stereocenters. The van der Waals surface area contributed by atoms with Crippen LogP contribution >= 0.6 is 15.9 Å². The SMILES string of the molecule is CC1(C)C(=O)N(c2ccc(OC(F)(F)F)cc2Br)C(=O)N1Cc1ccncc1. The number of amides is 3. The van der Waals surface area contributed by atoms with Gasteiger partial charge in [0.15, 0.2) is 0 Å². The molecule has 0 spiro atoms. The van der Waals surface area contributed by atoms with Crippen LogP contribution in [0, 0.1) is 0 Å². The van der Waals surface area contributed by atoms with E-state index >= 15 is 0 Å². The highest BCUT2D eigenvalue weighted by Crippen LogP contribution is 2.38. The fourth-order valence-electron chi connectivity index (χ4n) is 2.85. The van der Waals surface area contributed by atoms with E-state index < -0.39 is 29.6 Å². The Bertz CT molecular complexity index is 919. The fourth-order valence-corrected chi connectivity index (χ4v) is 3.39. The largest absolute Gasteiger partial charge is 0.573 e. The van der Waals surface area contributed by atoms with Crippen molar-refractivity contribution in [3.63, 3.8) is 0 Å². The third kappa shape index (κ3) is 3.82. The van der Waals surface area contributed by atoms with Crippen LogP contribution in [0.1, 0.15) is 19.4 Å². The number of benzene rings is 1.